The molecular formula is C12H13BFNO5. The third-order valence-electron chi connectivity index (χ3n) is 3.04. The van der Waals surface area contributed by atoms with Crippen molar-refractivity contribution >= 4 is 19.0 Å². The predicted octanol–water partition coefficient (Wildman–Crippen LogP) is 0.182. The number of alkyl halides is 1. The van der Waals surface area contributed by atoms with E-state index in [4.69, 9.17) is 9.76 Å². The van der Waals surface area contributed by atoms with Crippen LogP contribution >= 0.6 is 0 Å². The number of hydrogen-bond acceptors (Lipinski definition) is 4. The zero-order valence-electron chi connectivity index (χ0n) is 10.7. The van der Waals surface area contributed by atoms with Gasteiger partial charge in [0.15, 0.2) is 6.17 Å². The Balaban J connectivity index is 2.24. The number of para-hydroxylation sites is 1. The number of carbonyl (C=O) groups is 2. The second-order valence-electron chi connectivity index (χ2n) is 4.54. The first-order valence-corrected chi connectivity index (χ1v) is 6.04. The van der Waals surface area contributed by atoms with Crippen LogP contribution in [0.4, 0.5) is 4.39 Å². The van der Waals surface area contributed by atoms with Gasteiger partial charge in [0.1, 0.15) is 5.75 Å². The number of amides is 1. The van der Waals surface area contributed by atoms with Gasteiger partial charge in [0.05, 0.1) is 11.5 Å². The minimum absolute atomic E-state index is 0.0646. The van der Waals surface area contributed by atoms with Gasteiger partial charge in [-0.25, -0.2) is 9.18 Å². The van der Waals surface area contributed by atoms with Crippen LogP contribution in [0.1, 0.15) is 22.8 Å². The Kier molecular flexibility index (Phi) is 3.94. The molecule has 1 aliphatic heterocycles. The van der Waals surface area contributed by atoms with E-state index in [9.17, 15) is 19.0 Å². The topological polar surface area (TPSA) is 95.9 Å². The van der Waals surface area contributed by atoms with Crippen LogP contribution in [-0.4, -0.2) is 41.2 Å². The maximum atomic E-state index is 12.8. The zero-order valence-corrected chi connectivity index (χ0v) is 10.7. The van der Waals surface area contributed by atoms with Crippen molar-refractivity contribution in [1.29, 1.82) is 0 Å². The molecule has 6 nitrogen and oxygen atoms in total. The Morgan fingerprint density at radius 3 is 2.85 bits per heavy atom. The van der Waals surface area contributed by atoms with Crippen LogP contribution in [0.5, 0.6) is 5.75 Å². The van der Waals surface area contributed by atoms with E-state index >= 15 is 0 Å². The van der Waals surface area contributed by atoms with Gasteiger partial charge in [0.25, 0.3) is 5.91 Å². The summed E-state index contributed by atoms with van der Waals surface area (Å²) in [7, 11) is -1.43. The Hall–Kier alpha value is -2.09. The van der Waals surface area contributed by atoms with Gasteiger partial charge in [0.2, 0.25) is 0 Å². The van der Waals surface area contributed by atoms with Crippen LogP contribution < -0.4 is 9.97 Å². The Morgan fingerprint density at radius 1 is 1.55 bits per heavy atom. The molecule has 1 amide bonds. The molecule has 0 bridgehead atoms. The number of fused-ring (bicyclic) bond motifs is 1. The van der Waals surface area contributed by atoms with Crippen LogP contribution in [0, 0.1) is 0 Å². The summed E-state index contributed by atoms with van der Waals surface area (Å²) in [5.41, 5.74) is 0.470. The highest BCUT2D eigenvalue weighted by Gasteiger charge is 2.38. The van der Waals surface area contributed by atoms with E-state index in [1.165, 1.54) is 6.07 Å². The highest BCUT2D eigenvalue weighted by molar-refractivity contribution is 6.47. The van der Waals surface area contributed by atoms with Gasteiger partial charge in [-0.15, -0.1) is 0 Å². The molecular weight excluding hydrogens is 268 g/mol. The zero-order chi connectivity index (χ0) is 14.9. The Bertz CT molecular complexity index is 551. The van der Waals surface area contributed by atoms with Crippen molar-refractivity contribution in [3.05, 3.63) is 29.3 Å². The maximum absolute atomic E-state index is 12.8. The fraction of sp³-hybridized carbons (Fsp3) is 0.333. The molecule has 0 saturated carbocycles. The van der Waals surface area contributed by atoms with E-state index in [-0.39, 0.29) is 17.7 Å². The first-order chi connectivity index (χ1) is 9.40. The quantitative estimate of drug-likeness (QED) is 0.687. The average Bonchev–Trinajstić information content (AvgIpc) is 2.38. The van der Waals surface area contributed by atoms with Crippen LogP contribution in [0.2, 0.25) is 0 Å². The lowest BCUT2D eigenvalue weighted by atomic mass is 9.72. The molecule has 8 heteroatoms. The van der Waals surface area contributed by atoms with Crippen LogP contribution in [-0.2, 0) is 11.2 Å². The summed E-state index contributed by atoms with van der Waals surface area (Å²) < 4.78 is 18.0. The summed E-state index contributed by atoms with van der Waals surface area (Å²) in [6, 6.07) is 4.53. The number of carbonyl (C=O) groups excluding carboxylic acids is 1. The largest absolute Gasteiger partial charge is 0.547 e. The highest BCUT2D eigenvalue weighted by Crippen LogP contribution is 2.30. The number of aromatic carboxylic acids is 1. The van der Waals surface area contributed by atoms with Gasteiger partial charge >= 0.3 is 13.1 Å². The number of hydrogen-bond donors (Lipinski definition) is 3. The summed E-state index contributed by atoms with van der Waals surface area (Å²) in [5, 5.41) is 21.2. The molecule has 1 aliphatic rings. The molecule has 1 unspecified atom stereocenters. The second kappa shape index (κ2) is 5.50. The lowest BCUT2D eigenvalue weighted by molar-refractivity contribution is -0.125. The first kappa shape index (κ1) is 14.3. The lowest BCUT2D eigenvalue weighted by Gasteiger charge is -2.29. The number of benzene rings is 1. The maximum Gasteiger partial charge on any atom is 0.547 e. The minimum Gasteiger partial charge on any atom is -0.534 e. The van der Waals surface area contributed by atoms with Crippen LogP contribution in [0.25, 0.3) is 0 Å². The van der Waals surface area contributed by atoms with Gasteiger partial charge in [-0.1, -0.05) is 12.1 Å². The predicted molar refractivity (Wildman–Crippen MR) is 68.2 cm³/mol. The fourth-order valence-electron chi connectivity index (χ4n) is 2.01. The van der Waals surface area contributed by atoms with E-state index in [1.54, 1.807) is 12.1 Å². The summed E-state index contributed by atoms with van der Waals surface area (Å²) in [6.45, 7) is 1.09. The van der Waals surface area contributed by atoms with Crippen molar-refractivity contribution < 1.29 is 28.8 Å². The average molecular weight is 281 g/mol. The number of halogens is 1. The van der Waals surface area contributed by atoms with Crippen molar-refractivity contribution in [3.8, 4) is 5.75 Å². The van der Waals surface area contributed by atoms with Crippen LogP contribution in [0.15, 0.2) is 18.2 Å². The third kappa shape index (κ3) is 2.74. The number of rotatable bonds is 3. The van der Waals surface area contributed by atoms with Crippen LogP contribution in [0.3, 0.4) is 0 Å². The number of nitrogens with one attached hydrogen (secondary N) is 1. The monoisotopic (exact) mass is 281 g/mol. The highest BCUT2D eigenvalue weighted by atomic mass is 19.1. The molecule has 0 spiro atoms. The third-order valence-corrected chi connectivity index (χ3v) is 3.04. The van der Waals surface area contributed by atoms with E-state index in [1.807, 2.05) is 0 Å². The molecule has 1 aromatic rings. The molecule has 0 aromatic heterocycles. The molecule has 0 fully saturated rings. The summed E-state index contributed by atoms with van der Waals surface area (Å²) in [4.78, 5) is 22.3. The van der Waals surface area contributed by atoms with Crippen molar-refractivity contribution in [1.82, 2.24) is 5.32 Å². The molecule has 0 radical (unpaired) electrons. The summed E-state index contributed by atoms with van der Waals surface area (Å²) >= 11 is 0. The molecule has 1 aromatic carbocycles. The van der Waals surface area contributed by atoms with Gasteiger partial charge in [-0.2, -0.15) is 0 Å². The molecule has 3 N–H and O–H groups in total. The lowest BCUT2D eigenvalue weighted by Crippen LogP contribution is -2.54. The van der Waals surface area contributed by atoms with E-state index < -0.39 is 31.1 Å². The first-order valence-electron chi connectivity index (χ1n) is 6.04. The molecule has 0 aliphatic carbocycles. The molecule has 2 rings (SSSR count). The van der Waals surface area contributed by atoms with E-state index in [2.05, 4.69) is 5.32 Å². The standard InChI is InChI=1S/C12H13BFNO5/c1-6(14)11(16)15-9-5-7-3-2-4-8(12(17)18)10(7)20-13(9)19/h2-4,6,9,19H,5H2,1H3,(H,15,16)(H,17,18)/t6?,9-/m0/s1. The minimum atomic E-state index is -1.70. The van der Waals surface area contributed by atoms with Gasteiger partial charge in [-0.05, 0) is 25.0 Å². The summed E-state index contributed by atoms with van der Waals surface area (Å²) in [6.07, 6.45) is -1.54. The molecule has 20 heavy (non-hydrogen) atoms. The van der Waals surface area contributed by atoms with Gasteiger partial charge < -0.3 is 20.1 Å². The molecule has 0 saturated heterocycles. The second-order valence-corrected chi connectivity index (χ2v) is 4.54. The van der Waals surface area contributed by atoms with Crippen molar-refractivity contribution in [3.63, 3.8) is 0 Å². The van der Waals surface area contributed by atoms with Gasteiger partial charge in [-0.3, -0.25) is 4.79 Å². The molecule has 1 heterocycles. The van der Waals surface area contributed by atoms with E-state index in [0.29, 0.717) is 5.56 Å². The SMILES string of the molecule is CC(F)C(=O)N[C@H]1Cc2cccc(C(=O)O)c2OB1O. The van der Waals surface area contributed by atoms with Crippen molar-refractivity contribution in [2.45, 2.75) is 25.5 Å². The number of carboxylic acids is 1. The Morgan fingerprint density at radius 2 is 2.25 bits per heavy atom. The van der Waals surface area contributed by atoms with E-state index in [0.717, 1.165) is 6.92 Å². The number of carboxylic acid groups (broad SMARTS) is 1. The smallest absolute Gasteiger partial charge is 0.534 e. The van der Waals surface area contributed by atoms with Crippen molar-refractivity contribution in [2.24, 2.45) is 0 Å². The normalized spacial score (nSPS) is 18.8. The molecule has 2 atom stereocenters. The van der Waals surface area contributed by atoms with Crippen molar-refractivity contribution in [2.75, 3.05) is 0 Å². The van der Waals surface area contributed by atoms with Gasteiger partial charge in [0, 0.05) is 0 Å². The fourth-order valence-corrected chi connectivity index (χ4v) is 2.01. The Labute approximate surface area is 114 Å². The molecule has 106 valence electrons. The summed E-state index contributed by atoms with van der Waals surface area (Å²) in [5.74, 6) is -2.77.